The third kappa shape index (κ3) is 4.74. The molecule has 2 aromatic heterocycles. The van der Waals surface area contributed by atoms with Gasteiger partial charge in [-0.2, -0.15) is 5.26 Å². The Balaban J connectivity index is 1.65. The van der Waals surface area contributed by atoms with Crippen LogP contribution in [0.15, 0.2) is 67.0 Å². The van der Waals surface area contributed by atoms with Gasteiger partial charge in [0.2, 0.25) is 0 Å². The number of benzene rings is 1. The van der Waals surface area contributed by atoms with E-state index in [1.54, 1.807) is 60.9 Å². The SMILES string of the molecule is N#Cc1ccc(NC(=O)c2cccc(C(=O)NCc3ccncc3)n2)cc1. The van der Waals surface area contributed by atoms with Crippen molar-refractivity contribution >= 4 is 17.5 Å². The molecule has 3 aromatic rings. The monoisotopic (exact) mass is 357 g/mol. The minimum atomic E-state index is -0.441. The van der Waals surface area contributed by atoms with Crippen LogP contribution in [0.4, 0.5) is 5.69 Å². The van der Waals surface area contributed by atoms with Gasteiger partial charge in [-0.15, -0.1) is 0 Å². The number of nitrogens with zero attached hydrogens (tertiary/aromatic N) is 3. The van der Waals surface area contributed by atoms with Crippen LogP contribution in [0.3, 0.4) is 0 Å². The Morgan fingerprint density at radius 2 is 1.59 bits per heavy atom. The van der Waals surface area contributed by atoms with E-state index in [0.29, 0.717) is 17.8 Å². The quantitative estimate of drug-likeness (QED) is 0.729. The number of hydrogen-bond donors (Lipinski definition) is 2. The predicted octanol–water partition coefficient (Wildman–Crippen LogP) is 2.53. The van der Waals surface area contributed by atoms with Gasteiger partial charge in [0.1, 0.15) is 11.4 Å². The molecule has 0 bridgehead atoms. The molecular weight excluding hydrogens is 342 g/mol. The fraction of sp³-hybridized carbons (Fsp3) is 0.0500. The number of pyridine rings is 2. The molecule has 0 aliphatic heterocycles. The number of anilines is 1. The average Bonchev–Trinajstić information content (AvgIpc) is 2.73. The van der Waals surface area contributed by atoms with Crippen molar-refractivity contribution in [3.05, 3.63) is 89.5 Å². The zero-order valence-electron chi connectivity index (χ0n) is 14.2. The molecule has 2 amide bonds. The van der Waals surface area contributed by atoms with Crippen LogP contribution < -0.4 is 10.6 Å². The molecule has 3 rings (SSSR count). The Morgan fingerprint density at radius 3 is 2.26 bits per heavy atom. The Hall–Kier alpha value is -4.05. The van der Waals surface area contributed by atoms with Gasteiger partial charge < -0.3 is 10.6 Å². The van der Waals surface area contributed by atoms with Crippen molar-refractivity contribution in [3.63, 3.8) is 0 Å². The van der Waals surface area contributed by atoms with E-state index in [1.807, 2.05) is 6.07 Å². The summed E-state index contributed by atoms with van der Waals surface area (Å²) in [5.41, 5.74) is 2.22. The summed E-state index contributed by atoms with van der Waals surface area (Å²) < 4.78 is 0. The molecule has 0 fully saturated rings. The number of amides is 2. The van der Waals surface area contributed by atoms with Crippen molar-refractivity contribution in [2.24, 2.45) is 0 Å². The maximum absolute atomic E-state index is 12.3. The summed E-state index contributed by atoms with van der Waals surface area (Å²) in [5, 5.41) is 14.2. The Labute approximate surface area is 155 Å². The number of carbonyl (C=O) groups excluding carboxylic acids is 2. The van der Waals surface area contributed by atoms with Crippen LogP contribution in [0.25, 0.3) is 0 Å². The summed E-state index contributed by atoms with van der Waals surface area (Å²) in [4.78, 5) is 32.7. The fourth-order valence-corrected chi connectivity index (χ4v) is 2.28. The number of carbonyl (C=O) groups is 2. The highest BCUT2D eigenvalue weighted by Crippen LogP contribution is 2.10. The van der Waals surface area contributed by atoms with Gasteiger partial charge in [-0.05, 0) is 54.1 Å². The van der Waals surface area contributed by atoms with Crippen LogP contribution in [0.2, 0.25) is 0 Å². The van der Waals surface area contributed by atoms with Crippen molar-refractivity contribution in [1.82, 2.24) is 15.3 Å². The molecule has 2 heterocycles. The first kappa shape index (κ1) is 17.8. The smallest absolute Gasteiger partial charge is 0.274 e. The lowest BCUT2D eigenvalue weighted by atomic mass is 10.2. The number of nitrogens with one attached hydrogen (secondary N) is 2. The Bertz CT molecular complexity index is 995. The van der Waals surface area contributed by atoms with E-state index in [0.717, 1.165) is 5.56 Å². The van der Waals surface area contributed by atoms with Gasteiger partial charge in [-0.25, -0.2) is 4.98 Å². The summed E-state index contributed by atoms with van der Waals surface area (Å²) in [6, 6.07) is 16.7. The summed E-state index contributed by atoms with van der Waals surface area (Å²) in [6.45, 7) is 0.338. The summed E-state index contributed by atoms with van der Waals surface area (Å²) in [6.07, 6.45) is 3.29. The van der Waals surface area contributed by atoms with Gasteiger partial charge in [0, 0.05) is 24.6 Å². The molecule has 0 aliphatic rings. The van der Waals surface area contributed by atoms with E-state index in [-0.39, 0.29) is 17.3 Å². The highest BCUT2D eigenvalue weighted by atomic mass is 16.2. The minimum absolute atomic E-state index is 0.121. The van der Waals surface area contributed by atoms with Crippen molar-refractivity contribution in [2.45, 2.75) is 6.54 Å². The molecule has 0 aliphatic carbocycles. The number of aromatic nitrogens is 2. The molecule has 0 atom stereocenters. The van der Waals surface area contributed by atoms with Crippen LogP contribution in [-0.4, -0.2) is 21.8 Å². The molecule has 2 N–H and O–H groups in total. The van der Waals surface area contributed by atoms with Crippen molar-refractivity contribution in [1.29, 1.82) is 5.26 Å². The maximum Gasteiger partial charge on any atom is 0.274 e. The predicted molar refractivity (Wildman–Crippen MR) is 98.8 cm³/mol. The van der Waals surface area contributed by atoms with Crippen molar-refractivity contribution in [2.75, 3.05) is 5.32 Å². The maximum atomic E-state index is 12.3. The van der Waals surface area contributed by atoms with Crippen LogP contribution in [-0.2, 0) is 6.54 Å². The third-order valence-corrected chi connectivity index (χ3v) is 3.69. The first-order valence-corrected chi connectivity index (χ1v) is 8.11. The van der Waals surface area contributed by atoms with E-state index in [4.69, 9.17) is 5.26 Å². The lowest BCUT2D eigenvalue weighted by molar-refractivity contribution is 0.0945. The second-order valence-electron chi connectivity index (χ2n) is 5.59. The molecule has 132 valence electrons. The topological polar surface area (TPSA) is 108 Å². The van der Waals surface area contributed by atoms with Gasteiger partial charge in [0.15, 0.2) is 0 Å². The van der Waals surface area contributed by atoms with E-state index in [1.165, 1.54) is 6.07 Å². The van der Waals surface area contributed by atoms with Gasteiger partial charge in [-0.3, -0.25) is 14.6 Å². The average molecular weight is 357 g/mol. The molecule has 1 aromatic carbocycles. The second-order valence-corrected chi connectivity index (χ2v) is 5.59. The number of hydrogen-bond acceptors (Lipinski definition) is 5. The Morgan fingerprint density at radius 1 is 0.926 bits per heavy atom. The number of rotatable bonds is 5. The molecule has 7 nitrogen and oxygen atoms in total. The molecule has 0 saturated carbocycles. The summed E-state index contributed by atoms with van der Waals surface area (Å²) in [7, 11) is 0. The van der Waals surface area contributed by atoms with Crippen LogP contribution in [0.1, 0.15) is 32.1 Å². The van der Waals surface area contributed by atoms with Gasteiger partial charge in [-0.1, -0.05) is 6.07 Å². The van der Waals surface area contributed by atoms with E-state index >= 15 is 0 Å². The second kappa shape index (κ2) is 8.36. The normalized spacial score (nSPS) is 9.89. The largest absolute Gasteiger partial charge is 0.347 e. The lowest BCUT2D eigenvalue weighted by Crippen LogP contribution is -2.25. The molecule has 0 saturated heterocycles. The molecule has 0 radical (unpaired) electrons. The van der Waals surface area contributed by atoms with E-state index in [9.17, 15) is 9.59 Å². The Kier molecular flexibility index (Phi) is 5.50. The van der Waals surface area contributed by atoms with Crippen LogP contribution in [0.5, 0.6) is 0 Å². The van der Waals surface area contributed by atoms with Gasteiger partial charge >= 0.3 is 0 Å². The van der Waals surface area contributed by atoms with Crippen LogP contribution in [0, 0.1) is 11.3 Å². The van der Waals surface area contributed by atoms with Gasteiger partial charge in [0.25, 0.3) is 11.8 Å². The summed E-state index contributed by atoms with van der Waals surface area (Å²) >= 11 is 0. The first-order valence-electron chi connectivity index (χ1n) is 8.11. The zero-order chi connectivity index (χ0) is 19.1. The zero-order valence-corrected chi connectivity index (χ0v) is 14.2. The molecule has 0 spiro atoms. The van der Waals surface area contributed by atoms with Crippen molar-refractivity contribution < 1.29 is 9.59 Å². The first-order chi connectivity index (χ1) is 13.2. The number of nitriles is 1. The fourth-order valence-electron chi connectivity index (χ4n) is 2.28. The highest BCUT2D eigenvalue weighted by Gasteiger charge is 2.12. The van der Waals surface area contributed by atoms with E-state index in [2.05, 4.69) is 20.6 Å². The molecule has 27 heavy (non-hydrogen) atoms. The highest BCUT2D eigenvalue weighted by molar-refractivity contribution is 6.03. The summed E-state index contributed by atoms with van der Waals surface area (Å²) in [5.74, 6) is -0.816. The van der Waals surface area contributed by atoms with Crippen LogP contribution >= 0.6 is 0 Å². The third-order valence-electron chi connectivity index (χ3n) is 3.69. The van der Waals surface area contributed by atoms with Crippen molar-refractivity contribution in [3.8, 4) is 6.07 Å². The lowest BCUT2D eigenvalue weighted by Gasteiger charge is -2.07. The molecule has 7 heteroatoms. The van der Waals surface area contributed by atoms with E-state index < -0.39 is 5.91 Å². The molecule has 0 unspecified atom stereocenters. The minimum Gasteiger partial charge on any atom is -0.347 e. The molecular formula is C20H15N5O2. The van der Waals surface area contributed by atoms with Gasteiger partial charge in [0.05, 0.1) is 11.6 Å². The standard InChI is InChI=1S/C20H15N5O2/c21-12-14-4-6-16(7-5-14)24-20(27)18-3-1-2-17(25-18)19(26)23-13-15-8-10-22-11-9-15/h1-11H,13H2,(H,23,26)(H,24,27).